The molecule has 0 aromatic carbocycles. The first-order chi connectivity index (χ1) is 12.3. The molecule has 0 radical (unpaired) electrons. The molecular weight excluding hydrogens is 310 g/mol. The van der Waals surface area contributed by atoms with Gasteiger partial charge in [-0.25, -0.2) is 4.90 Å². The molecule has 5 fully saturated rings. The van der Waals surface area contributed by atoms with Crippen LogP contribution in [0.15, 0.2) is 0 Å². The van der Waals surface area contributed by atoms with Crippen molar-refractivity contribution in [1.29, 1.82) is 0 Å². The summed E-state index contributed by atoms with van der Waals surface area (Å²) in [6, 6.07) is 3.03. The van der Waals surface area contributed by atoms with Crippen LogP contribution in [0.5, 0.6) is 0 Å². The summed E-state index contributed by atoms with van der Waals surface area (Å²) in [5, 5.41) is 2.69. The van der Waals surface area contributed by atoms with Crippen molar-refractivity contribution >= 4 is 0 Å². The van der Waals surface area contributed by atoms with E-state index in [1.807, 2.05) is 4.90 Å². The van der Waals surface area contributed by atoms with Crippen LogP contribution >= 0.6 is 0 Å². The highest BCUT2D eigenvalue weighted by atomic mass is 15.4. The highest BCUT2D eigenvalue weighted by molar-refractivity contribution is 4.95. The van der Waals surface area contributed by atoms with E-state index in [-0.39, 0.29) is 0 Å². The second-order valence-electron chi connectivity index (χ2n) is 9.72. The van der Waals surface area contributed by atoms with Gasteiger partial charge in [-0.1, -0.05) is 0 Å². The van der Waals surface area contributed by atoms with Crippen molar-refractivity contribution in [3.05, 3.63) is 0 Å². The lowest BCUT2D eigenvalue weighted by Gasteiger charge is -2.44. The number of piperazine rings is 1. The largest absolute Gasteiger partial charge is 0.332 e. The lowest BCUT2D eigenvalue weighted by Crippen LogP contribution is -3.18. The molecule has 0 aromatic rings. The van der Waals surface area contributed by atoms with Gasteiger partial charge in [-0.3, -0.25) is 4.90 Å². The number of hydrogen-bond donors (Lipinski definition) is 3. The quantitative estimate of drug-likeness (QED) is 0.575. The minimum absolute atomic E-state index is 0.456. The van der Waals surface area contributed by atoms with Crippen molar-refractivity contribution in [3.8, 4) is 0 Å². The van der Waals surface area contributed by atoms with E-state index < -0.39 is 0 Å². The predicted octanol–water partition coefficient (Wildman–Crippen LogP) is -1.40. The number of fused-ring (bicyclic) bond motifs is 4. The van der Waals surface area contributed by atoms with Gasteiger partial charge in [0.15, 0.2) is 6.17 Å². The molecule has 5 nitrogen and oxygen atoms in total. The molecular formula is C20H39N5+2. The van der Waals surface area contributed by atoms with Crippen LogP contribution < -0.4 is 16.0 Å². The van der Waals surface area contributed by atoms with Crippen molar-refractivity contribution < 1.29 is 10.2 Å². The molecule has 4 saturated heterocycles. The van der Waals surface area contributed by atoms with Crippen LogP contribution in [0.3, 0.4) is 0 Å². The molecule has 5 N–H and O–H groups in total. The van der Waals surface area contributed by atoms with Crippen LogP contribution in [-0.2, 0) is 0 Å². The standard InChI is InChI=1S/C20H37N5/c21-16-6-7-19-17(12-16)22-20-14-23(10-11-25(19)20)13-15-4-3-9-24-8-2-1-5-18(15)24/h15-20,22H,1-14,21H2/p+2/t15-,16?,17?,18+,19?,20?/m0/s1. The number of nitrogens with one attached hydrogen (secondary N) is 1. The number of rotatable bonds is 2. The summed E-state index contributed by atoms with van der Waals surface area (Å²) >= 11 is 0. The fourth-order valence-electron chi connectivity index (χ4n) is 7.09. The zero-order valence-electron chi connectivity index (χ0n) is 15.9. The van der Waals surface area contributed by atoms with Crippen LogP contribution in [0.25, 0.3) is 0 Å². The molecule has 5 heteroatoms. The molecule has 1 saturated carbocycles. The minimum atomic E-state index is 0.456. The van der Waals surface area contributed by atoms with Gasteiger partial charge in [0.05, 0.1) is 31.7 Å². The highest BCUT2D eigenvalue weighted by Crippen LogP contribution is 2.28. The van der Waals surface area contributed by atoms with Crippen molar-refractivity contribution in [3.63, 3.8) is 0 Å². The van der Waals surface area contributed by atoms with E-state index in [0.717, 1.165) is 24.0 Å². The van der Waals surface area contributed by atoms with E-state index in [2.05, 4.69) is 15.1 Å². The first-order valence-corrected chi connectivity index (χ1v) is 11.2. The number of nitrogens with two attached hydrogens (primary N) is 2. The monoisotopic (exact) mass is 349 g/mol. The molecule has 1 aliphatic carbocycles. The molecule has 4 aliphatic heterocycles. The van der Waals surface area contributed by atoms with Crippen LogP contribution in [-0.4, -0.2) is 79.4 Å². The van der Waals surface area contributed by atoms with Gasteiger partial charge in [-0.15, -0.1) is 0 Å². The van der Waals surface area contributed by atoms with Crippen LogP contribution in [0.2, 0.25) is 0 Å². The molecule has 0 amide bonds. The Morgan fingerprint density at radius 3 is 2.88 bits per heavy atom. The molecule has 0 bridgehead atoms. The SMILES string of the molecule is NC1CCC2C(C1)[NH2+]C1CN(C[C@@H]3CCC[NH+]4CCCC[C@H]34)CCN12. The average Bonchev–Trinajstić information content (AvgIpc) is 2.98. The van der Waals surface area contributed by atoms with Gasteiger partial charge >= 0.3 is 0 Å². The third kappa shape index (κ3) is 3.27. The lowest BCUT2D eigenvalue weighted by atomic mass is 9.83. The number of hydrogen-bond acceptors (Lipinski definition) is 3. The fraction of sp³-hybridized carbons (Fsp3) is 1.00. The summed E-state index contributed by atoms with van der Waals surface area (Å²) in [7, 11) is 0. The number of nitrogens with zero attached hydrogens (tertiary/aromatic N) is 2. The zero-order chi connectivity index (χ0) is 16.8. The Labute approximate surface area is 153 Å². The summed E-state index contributed by atoms with van der Waals surface area (Å²) in [4.78, 5) is 7.62. The van der Waals surface area contributed by atoms with Crippen LogP contribution in [0.1, 0.15) is 51.4 Å². The maximum absolute atomic E-state index is 6.24. The van der Waals surface area contributed by atoms with Gasteiger partial charge in [-0.2, -0.15) is 0 Å². The van der Waals surface area contributed by atoms with Gasteiger partial charge in [0, 0.05) is 38.0 Å². The van der Waals surface area contributed by atoms with Gasteiger partial charge in [0.25, 0.3) is 0 Å². The zero-order valence-corrected chi connectivity index (χ0v) is 15.9. The van der Waals surface area contributed by atoms with Crippen LogP contribution in [0, 0.1) is 5.92 Å². The Balaban J connectivity index is 1.20. The molecule has 5 rings (SSSR count). The normalized spacial score (nSPS) is 48.6. The predicted molar refractivity (Wildman–Crippen MR) is 99.3 cm³/mol. The molecule has 5 aliphatic rings. The second-order valence-corrected chi connectivity index (χ2v) is 9.72. The molecule has 25 heavy (non-hydrogen) atoms. The fourth-order valence-corrected chi connectivity index (χ4v) is 7.09. The minimum Gasteiger partial charge on any atom is -0.332 e. The van der Waals surface area contributed by atoms with Gasteiger partial charge < -0.3 is 16.0 Å². The number of piperidine rings is 2. The topological polar surface area (TPSA) is 53.5 Å². The maximum atomic E-state index is 6.24. The Kier molecular flexibility index (Phi) is 4.80. The summed E-state index contributed by atoms with van der Waals surface area (Å²) in [6.45, 7) is 8.18. The van der Waals surface area contributed by atoms with Gasteiger partial charge in [-0.05, 0) is 44.9 Å². The summed E-state index contributed by atoms with van der Waals surface area (Å²) < 4.78 is 0. The summed E-state index contributed by atoms with van der Waals surface area (Å²) in [5.74, 6) is 0.965. The second kappa shape index (κ2) is 7.08. The first kappa shape index (κ1) is 16.9. The summed E-state index contributed by atoms with van der Waals surface area (Å²) in [6.07, 6.45) is 11.9. The molecule has 7 atom stereocenters. The third-order valence-corrected chi connectivity index (χ3v) is 8.27. The van der Waals surface area contributed by atoms with Crippen LogP contribution in [0.4, 0.5) is 0 Å². The van der Waals surface area contributed by atoms with Crippen molar-refractivity contribution in [1.82, 2.24) is 9.80 Å². The Morgan fingerprint density at radius 1 is 1.00 bits per heavy atom. The third-order valence-electron chi connectivity index (χ3n) is 8.27. The van der Waals surface area contributed by atoms with E-state index in [4.69, 9.17) is 5.73 Å². The smallest absolute Gasteiger partial charge is 0.156 e. The Bertz CT molecular complexity index is 469. The average molecular weight is 350 g/mol. The molecule has 142 valence electrons. The highest BCUT2D eigenvalue weighted by Gasteiger charge is 2.49. The van der Waals surface area contributed by atoms with E-state index in [0.29, 0.717) is 12.2 Å². The van der Waals surface area contributed by atoms with Crippen molar-refractivity contribution in [2.24, 2.45) is 11.7 Å². The first-order valence-electron chi connectivity index (χ1n) is 11.2. The summed E-state index contributed by atoms with van der Waals surface area (Å²) in [5.41, 5.74) is 6.24. The Morgan fingerprint density at radius 2 is 1.92 bits per heavy atom. The lowest BCUT2D eigenvalue weighted by molar-refractivity contribution is -0.940. The van der Waals surface area contributed by atoms with Gasteiger partial charge in [0.1, 0.15) is 6.04 Å². The molecule has 5 unspecified atom stereocenters. The van der Waals surface area contributed by atoms with Gasteiger partial charge in [0.2, 0.25) is 0 Å². The maximum Gasteiger partial charge on any atom is 0.156 e. The van der Waals surface area contributed by atoms with Crippen molar-refractivity contribution in [2.45, 2.75) is 81.7 Å². The Hall–Kier alpha value is -0.200. The molecule has 4 heterocycles. The van der Waals surface area contributed by atoms with E-state index in [1.165, 1.54) is 90.6 Å². The molecule has 0 aromatic heterocycles. The van der Waals surface area contributed by atoms with E-state index in [1.54, 1.807) is 0 Å². The molecule has 0 spiro atoms. The van der Waals surface area contributed by atoms with Crippen molar-refractivity contribution in [2.75, 3.05) is 39.3 Å². The van der Waals surface area contributed by atoms with E-state index in [9.17, 15) is 0 Å². The number of quaternary nitrogens is 2. The van der Waals surface area contributed by atoms with E-state index >= 15 is 0 Å².